The van der Waals surface area contributed by atoms with Crippen molar-refractivity contribution >= 4 is 34.8 Å². The van der Waals surface area contributed by atoms with Crippen molar-refractivity contribution in [2.45, 2.75) is 40.0 Å². The predicted molar refractivity (Wildman–Crippen MR) is 129 cm³/mol. The number of nitrogens with one attached hydrogen (secondary N) is 2. The summed E-state index contributed by atoms with van der Waals surface area (Å²) >= 11 is 5.30. The maximum atomic E-state index is 12.7. The van der Waals surface area contributed by atoms with E-state index in [9.17, 15) is 9.59 Å². The molecule has 2 aromatic rings. The van der Waals surface area contributed by atoms with E-state index in [0.717, 1.165) is 19.3 Å². The molecule has 31 heavy (non-hydrogen) atoms. The molecule has 0 aliphatic carbocycles. The van der Waals surface area contributed by atoms with Gasteiger partial charge in [0.15, 0.2) is 5.11 Å². The van der Waals surface area contributed by atoms with Gasteiger partial charge in [-0.2, -0.15) is 0 Å². The van der Waals surface area contributed by atoms with Crippen LogP contribution in [0.5, 0.6) is 5.75 Å². The van der Waals surface area contributed by atoms with Crippen LogP contribution in [0, 0.1) is 0 Å². The van der Waals surface area contributed by atoms with Gasteiger partial charge in [0.05, 0.1) is 12.2 Å². The van der Waals surface area contributed by atoms with E-state index < -0.39 is 0 Å². The number of benzene rings is 2. The lowest BCUT2D eigenvalue weighted by Crippen LogP contribution is -2.34. The smallest absolute Gasteiger partial charge is 0.261 e. The molecule has 2 amide bonds. The topological polar surface area (TPSA) is 70.7 Å². The molecule has 0 atom stereocenters. The number of para-hydroxylation sites is 1. The summed E-state index contributed by atoms with van der Waals surface area (Å²) in [5, 5.41) is 5.82. The van der Waals surface area contributed by atoms with Crippen molar-refractivity contribution in [3.05, 3.63) is 59.7 Å². The Hall–Kier alpha value is -2.93. The third kappa shape index (κ3) is 7.36. The van der Waals surface area contributed by atoms with Crippen LogP contribution in [0.4, 0.5) is 5.69 Å². The van der Waals surface area contributed by atoms with Crippen LogP contribution in [0.3, 0.4) is 0 Å². The second-order valence-electron chi connectivity index (χ2n) is 7.02. The van der Waals surface area contributed by atoms with Crippen molar-refractivity contribution in [2.24, 2.45) is 0 Å². The summed E-state index contributed by atoms with van der Waals surface area (Å²) in [6.07, 6.45) is 3.13. The lowest BCUT2D eigenvalue weighted by Gasteiger charge is -2.19. The molecule has 0 heterocycles. The molecule has 6 nitrogen and oxygen atoms in total. The monoisotopic (exact) mass is 441 g/mol. The molecule has 2 N–H and O–H groups in total. The maximum Gasteiger partial charge on any atom is 0.261 e. The van der Waals surface area contributed by atoms with Crippen LogP contribution < -0.4 is 15.4 Å². The summed E-state index contributed by atoms with van der Waals surface area (Å²) in [5.41, 5.74) is 1.62. The van der Waals surface area contributed by atoms with E-state index in [-0.39, 0.29) is 16.9 Å². The largest absolute Gasteiger partial charge is 0.493 e. The van der Waals surface area contributed by atoms with E-state index in [4.69, 9.17) is 17.0 Å². The van der Waals surface area contributed by atoms with Gasteiger partial charge in [-0.25, -0.2) is 0 Å². The van der Waals surface area contributed by atoms with Crippen LogP contribution in [0.2, 0.25) is 0 Å². The Bertz CT molecular complexity index is 897. The lowest BCUT2D eigenvalue weighted by atomic mass is 10.1. The van der Waals surface area contributed by atoms with Crippen LogP contribution in [0.25, 0.3) is 0 Å². The molecule has 7 heteroatoms. The average Bonchev–Trinajstić information content (AvgIpc) is 2.77. The summed E-state index contributed by atoms with van der Waals surface area (Å²) < 4.78 is 5.78. The SMILES string of the molecule is CCCCCOc1ccccc1C(=O)NC(=S)Nc1cccc(C(=O)N(CC)CC)c1. The zero-order chi connectivity index (χ0) is 22.6. The van der Waals surface area contributed by atoms with Crippen molar-refractivity contribution < 1.29 is 14.3 Å². The van der Waals surface area contributed by atoms with E-state index in [1.165, 1.54) is 0 Å². The molecular formula is C24H31N3O3S. The number of amides is 2. The van der Waals surface area contributed by atoms with E-state index in [0.29, 0.717) is 42.3 Å². The maximum absolute atomic E-state index is 12.7. The van der Waals surface area contributed by atoms with Crippen molar-refractivity contribution in [3.8, 4) is 5.75 Å². The fourth-order valence-electron chi connectivity index (χ4n) is 3.07. The molecule has 0 saturated heterocycles. The minimum absolute atomic E-state index is 0.0437. The van der Waals surface area contributed by atoms with Gasteiger partial charge in [-0.15, -0.1) is 0 Å². The molecule has 0 aliphatic rings. The Morgan fingerprint density at radius 3 is 2.45 bits per heavy atom. The van der Waals surface area contributed by atoms with Gasteiger partial charge < -0.3 is 15.0 Å². The zero-order valence-electron chi connectivity index (χ0n) is 18.4. The summed E-state index contributed by atoms with van der Waals surface area (Å²) in [7, 11) is 0. The van der Waals surface area contributed by atoms with Crippen LogP contribution >= 0.6 is 12.2 Å². The average molecular weight is 442 g/mol. The predicted octanol–water partition coefficient (Wildman–Crippen LogP) is 4.86. The van der Waals surface area contributed by atoms with E-state index in [2.05, 4.69) is 17.6 Å². The normalized spacial score (nSPS) is 10.3. The highest BCUT2D eigenvalue weighted by Crippen LogP contribution is 2.19. The summed E-state index contributed by atoms with van der Waals surface area (Å²) in [6, 6.07) is 14.2. The number of thiocarbonyl (C=S) groups is 1. The molecule has 2 rings (SSSR count). The Labute approximate surface area is 190 Å². The molecule has 0 radical (unpaired) electrons. The van der Waals surface area contributed by atoms with Crippen LogP contribution in [-0.4, -0.2) is 41.5 Å². The second kappa shape index (κ2) is 12.7. The van der Waals surface area contributed by atoms with Gasteiger partial charge in [0.1, 0.15) is 5.75 Å². The van der Waals surface area contributed by atoms with Gasteiger partial charge in [0.25, 0.3) is 11.8 Å². The molecular weight excluding hydrogens is 410 g/mol. The first-order valence-electron chi connectivity index (χ1n) is 10.7. The first-order valence-corrected chi connectivity index (χ1v) is 11.1. The molecule has 0 aliphatic heterocycles. The third-order valence-corrected chi connectivity index (χ3v) is 4.99. The number of anilines is 1. The molecule has 166 valence electrons. The van der Waals surface area contributed by atoms with Gasteiger partial charge in [-0.1, -0.05) is 38.0 Å². The fraction of sp³-hybridized carbons (Fsp3) is 0.375. The minimum Gasteiger partial charge on any atom is -0.493 e. The standard InChI is InChI=1S/C24H31N3O3S/c1-4-7-10-16-30-21-15-9-8-14-20(21)22(28)26-24(31)25-19-13-11-12-18(17-19)23(29)27(5-2)6-3/h8-9,11-15,17H,4-7,10,16H2,1-3H3,(H2,25,26,28,31). The Morgan fingerprint density at radius 2 is 1.74 bits per heavy atom. The Balaban J connectivity index is 2.01. The van der Waals surface area contributed by atoms with Crippen LogP contribution in [0.15, 0.2) is 48.5 Å². The molecule has 0 spiro atoms. The Morgan fingerprint density at radius 1 is 1.00 bits per heavy atom. The highest BCUT2D eigenvalue weighted by Gasteiger charge is 2.15. The van der Waals surface area contributed by atoms with Gasteiger partial charge >= 0.3 is 0 Å². The fourth-order valence-corrected chi connectivity index (χ4v) is 3.28. The summed E-state index contributed by atoms with van der Waals surface area (Å²) in [6.45, 7) is 7.86. The number of carbonyl (C=O) groups is 2. The molecule has 0 unspecified atom stereocenters. The van der Waals surface area contributed by atoms with Crippen LogP contribution in [-0.2, 0) is 0 Å². The molecule has 0 aromatic heterocycles. The Kier molecular flexibility index (Phi) is 9.97. The number of carbonyl (C=O) groups excluding carboxylic acids is 2. The van der Waals surface area contributed by atoms with Crippen molar-refractivity contribution in [2.75, 3.05) is 25.0 Å². The number of hydrogen-bond acceptors (Lipinski definition) is 4. The second-order valence-corrected chi connectivity index (χ2v) is 7.43. The zero-order valence-corrected chi connectivity index (χ0v) is 19.3. The van der Waals surface area contributed by atoms with Gasteiger partial charge in [-0.05, 0) is 62.8 Å². The molecule has 0 saturated carbocycles. The third-order valence-electron chi connectivity index (χ3n) is 4.78. The number of hydrogen-bond donors (Lipinski definition) is 2. The van der Waals surface area contributed by atoms with Crippen LogP contribution in [0.1, 0.15) is 60.7 Å². The molecule has 2 aromatic carbocycles. The number of nitrogens with zero attached hydrogens (tertiary/aromatic N) is 1. The number of rotatable bonds is 10. The quantitative estimate of drug-likeness (QED) is 0.407. The van der Waals surface area contributed by atoms with Gasteiger partial charge in [0, 0.05) is 24.3 Å². The first kappa shape index (κ1) is 24.3. The van der Waals surface area contributed by atoms with E-state index in [1.54, 1.807) is 47.4 Å². The van der Waals surface area contributed by atoms with Crippen molar-refractivity contribution in [1.82, 2.24) is 10.2 Å². The van der Waals surface area contributed by atoms with Gasteiger partial charge in [-0.3, -0.25) is 14.9 Å². The first-order chi connectivity index (χ1) is 15.0. The summed E-state index contributed by atoms with van der Waals surface area (Å²) in [5.74, 6) is 0.141. The van der Waals surface area contributed by atoms with Crippen molar-refractivity contribution in [3.63, 3.8) is 0 Å². The van der Waals surface area contributed by atoms with Crippen molar-refractivity contribution in [1.29, 1.82) is 0 Å². The highest BCUT2D eigenvalue weighted by molar-refractivity contribution is 7.80. The molecule has 0 bridgehead atoms. The number of ether oxygens (including phenoxy) is 1. The number of unbranched alkanes of at least 4 members (excludes halogenated alkanes) is 2. The van der Waals surface area contributed by atoms with E-state index in [1.807, 2.05) is 19.9 Å². The minimum atomic E-state index is -0.348. The lowest BCUT2D eigenvalue weighted by molar-refractivity contribution is 0.0772. The van der Waals surface area contributed by atoms with Gasteiger partial charge in [0.2, 0.25) is 0 Å². The summed E-state index contributed by atoms with van der Waals surface area (Å²) in [4.78, 5) is 27.0. The highest BCUT2D eigenvalue weighted by atomic mass is 32.1. The molecule has 0 fully saturated rings. The van der Waals surface area contributed by atoms with E-state index >= 15 is 0 Å².